The molecule has 0 aliphatic heterocycles. The van der Waals surface area contributed by atoms with Crippen LogP contribution in [0.2, 0.25) is 5.02 Å². The van der Waals surface area contributed by atoms with E-state index in [-0.39, 0.29) is 0 Å². The van der Waals surface area contributed by atoms with Gasteiger partial charge in [-0.3, -0.25) is 0 Å². The van der Waals surface area contributed by atoms with Gasteiger partial charge in [-0.25, -0.2) is 0 Å². The van der Waals surface area contributed by atoms with Crippen LogP contribution in [0.3, 0.4) is 0 Å². The fraction of sp³-hybridized carbons (Fsp3) is 0.500. The van der Waals surface area contributed by atoms with Crippen LogP contribution in [0.1, 0.15) is 27.7 Å². The van der Waals surface area contributed by atoms with E-state index in [0.717, 1.165) is 10.7 Å². The molecular formula is C12H18ClN. The Balaban J connectivity index is 3.05. The van der Waals surface area contributed by atoms with Crippen molar-refractivity contribution in [1.29, 1.82) is 0 Å². The topological polar surface area (TPSA) is 3.24 Å². The van der Waals surface area contributed by atoms with E-state index < -0.39 is 0 Å². The van der Waals surface area contributed by atoms with Crippen molar-refractivity contribution in [3.05, 3.63) is 29.3 Å². The van der Waals surface area contributed by atoms with E-state index >= 15 is 0 Å². The fourth-order valence-electron chi connectivity index (χ4n) is 1.81. The van der Waals surface area contributed by atoms with Gasteiger partial charge in [0.25, 0.3) is 0 Å². The van der Waals surface area contributed by atoms with Crippen LogP contribution in [0, 0.1) is 0 Å². The summed E-state index contributed by atoms with van der Waals surface area (Å²) in [5.41, 5.74) is 1.12. The lowest BCUT2D eigenvalue weighted by molar-refractivity contribution is 0.608. The lowest BCUT2D eigenvalue weighted by Crippen LogP contribution is -2.37. The van der Waals surface area contributed by atoms with Crippen molar-refractivity contribution in [3.63, 3.8) is 0 Å². The van der Waals surface area contributed by atoms with E-state index in [1.807, 2.05) is 18.2 Å². The number of hydrogen-bond donors (Lipinski definition) is 0. The van der Waals surface area contributed by atoms with Crippen molar-refractivity contribution in [2.75, 3.05) is 4.90 Å². The van der Waals surface area contributed by atoms with Crippen LogP contribution >= 0.6 is 11.6 Å². The first-order valence-electron chi connectivity index (χ1n) is 5.07. The summed E-state index contributed by atoms with van der Waals surface area (Å²) >= 11 is 6.17. The van der Waals surface area contributed by atoms with Crippen LogP contribution < -0.4 is 4.90 Å². The standard InChI is InChI=1S/C12H18ClN/c1-9(2)14(10(3)4)12-8-6-5-7-11(12)13/h5-10H,1-4H3. The molecule has 0 aromatic heterocycles. The Bertz CT molecular complexity index is 286. The van der Waals surface area contributed by atoms with Crippen LogP contribution in [0.5, 0.6) is 0 Å². The lowest BCUT2D eigenvalue weighted by Gasteiger charge is -2.33. The van der Waals surface area contributed by atoms with Gasteiger partial charge in [0.15, 0.2) is 0 Å². The van der Waals surface area contributed by atoms with Crippen molar-refractivity contribution in [1.82, 2.24) is 0 Å². The molecule has 1 aromatic rings. The smallest absolute Gasteiger partial charge is 0.0639 e. The van der Waals surface area contributed by atoms with Gasteiger partial charge >= 0.3 is 0 Å². The number of halogens is 1. The summed E-state index contributed by atoms with van der Waals surface area (Å²) in [5.74, 6) is 0. The molecule has 0 bridgehead atoms. The van der Waals surface area contributed by atoms with Crippen LogP contribution in [0.25, 0.3) is 0 Å². The highest BCUT2D eigenvalue weighted by Gasteiger charge is 2.15. The predicted octanol–water partition coefficient (Wildman–Crippen LogP) is 3.96. The van der Waals surface area contributed by atoms with Gasteiger partial charge in [-0.1, -0.05) is 23.7 Å². The molecule has 0 saturated carbocycles. The molecule has 0 aliphatic rings. The predicted molar refractivity (Wildman–Crippen MR) is 64.2 cm³/mol. The first-order chi connectivity index (χ1) is 6.54. The third-order valence-corrected chi connectivity index (χ3v) is 2.56. The minimum absolute atomic E-state index is 0.467. The Labute approximate surface area is 91.7 Å². The van der Waals surface area contributed by atoms with Crippen molar-refractivity contribution in [2.24, 2.45) is 0 Å². The Kier molecular flexibility index (Phi) is 3.82. The van der Waals surface area contributed by atoms with Crippen molar-refractivity contribution < 1.29 is 0 Å². The maximum Gasteiger partial charge on any atom is 0.0639 e. The average molecular weight is 212 g/mol. The maximum atomic E-state index is 6.17. The van der Waals surface area contributed by atoms with Gasteiger partial charge in [-0.05, 0) is 39.8 Å². The lowest BCUT2D eigenvalue weighted by atomic mass is 10.2. The Morgan fingerprint density at radius 1 is 1.00 bits per heavy atom. The number of benzene rings is 1. The molecule has 14 heavy (non-hydrogen) atoms. The second-order valence-electron chi connectivity index (χ2n) is 4.05. The Hall–Kier alpha value is -0.690. The largest absolute Gasteiger partial charge is 0.365 e. The van der Waals surface area contributed by atoms with Crippen LogP contribution in [0.15, 0.2) is 24.3 Å². The molecule has 0 heterocycles. The van der Waals surface area contributed by atoms with Gasteiger partial charge in [0, 0.05) is 12.1 Å². The number of hydrogen-bond acceptors (Lipinski definition) is 1. The number of para-hydroxylation sites is 1. The van der Waals surface area contributed by atoms with Crippen LogP contribution in [-0.4, -0.2) is 12.1 Å². The molecule has 1 rings (SSSR count). The third kappa shape index (κ3) is 2.42. The van der Waals surface area contributed by atoms with Gasteiger partial charge < -0.3 is 4.90 Å². The van der Waals surface area contributed by atoms with Gasteiger partial charge in [-0.2, -0.15) is 0 Å². The number of nitrogens with zero attached hydrogens (tertiary/aromatic N) is 1. The van der Waals surface area contributed by atoms with Crippen molar-refractivity contribution >= 4 is 17.3 Å². The van der Waals surface area contributed by atoms with Crippen molar-refractivity contribution in [3.8, 4) is 0 Å². The van der Waals surface area contributed by atoms with Crippen LogP contribution in [0.4, 0.5) is 5.69 Å². The van der Waals surface area contributed by atoms with E-state index in [4.69, 9.17) is 11.6 Å². The summed E-state index contributed by atoms with van der Waals surface area (Å²) in [6.07, 6.45) is 0. The SMILES string of the molecule is CC(C)N(c1ccccc1Cl)C(C)C. The van der Waals surface area contributed by atoms with E-state index in [1.54, 1.807) is 0 Å². The van der Waals surface area contributed by atoms with Crippen molar-refractivity contribution in [2.45, 2.75) is 39.8 Å². The van der Waals surface area contributed by atoms with E-state index in [9.17, 15) is 0 Å². The zero-order valence-electron chi connectivity index (χ0n) is 9.29. The minimum Gasteiger partial charge on any atom is -0.365 e. The number of rotatable bonds is 3. The third-order valence-electron chi connectivity index (χ3n) is 2.24. The van der Waals surface area contributed by atoms with Gasteiger partial charge in [0.2, 0.25) is 0 Å². The highest BCUT2D eigenvalue weighted by Crippen LogP contribution is 2.28. The second-order valence-corrected chi connectivity index (χ2v) is 4.45. The molecule has 0 spiro atoms. The summed E-state index contributed by atoms with van der Waals surface area (Å²) in [6.45, 7) is 8.74. The molecule has 0 atom stereocenters. The summed E-state index contributed by atoms with van der Waals surface area (Å²) < 4.78 is 0. The zero-order valence-corrected chi connectivity index (χ0v) is 10.0. The molecule has 78 valence electrons. The molecule has 1 aromatic carbocycles. The Morgan fingerprint density at radius 3 is 1.93 bits per heavy atom. The zero-order chi connectivity index (χ0) is 10.7. The molecule has 0 unspecified atom stereocenters. The maximum absolute atomic E-state index is 6.17. The second kappa shape index (κ2) is 4.70. The summed E-state index contributed by atoms with van der Waals surface area (Å²) in [5, 5.41) is 0.829. The minimum atomic E-state index is 0.467. The summed E-state index contributed by atoms with van der Waals surface area (Å²) in [6, 6.07) is 8.94. The van der Waals surface area contributed by atoms with Crippen LogP contribution in [-0.2, 0) is 0 Å². The molecular weight excluding hydrogens is 194 g/mol. The van der Waals surface area contributed by atoms with E-state index in [1.165, 1.54) is 0 Å². The monoisotopic (exact) mass is 211 g/mol. The molecule has 0 amide bonds. The molecule has 2 heteroatoms. The van der Waals surface area contributed by atoms with Gasteiger partial charge in [-0.15, -0.1) is 0 Å². The molecule has 0 aliphatic carbocycles. The molecule has 0 N–H and O–H groups in total. The summed E-state index contributed by atoms with van der Waals surface area (Å²) in [4.78, 5) is 2.32. The highest BCUT2D eigenvalue weighted by atomic mass is 35.5. The summed E-state index contributed by atoms with van der Waals surface area (Å²) in [7, 11) is 0. The number of anilines is 1. The normalized spacial score (nSPS) is 11.1. The Morgan fingerprint density at radius 2 is 1.50 bits per heavy atom. The first-order valence-corrected chi connectivity index (χ1v) is 5.44. The molecule has 0 fully saturated rings. The highest BCUT2D eigenvalue weighted by molar-refractivity contribution is 6.33. The van der Waals surface area contributed by atoms with Gasteiger partial charge in [0.05, 0.1) is 10.7 Å². The van der Waals surface area contributed by atoms with E-state index in [2.05, 4.69) is 38.7 Å². The first kappa shape index (κ1) is 11.4. The average Bonchev–Trinajstić information content (AvgIpc) is 2.07. The quantitative estimate of drug-likeness (QED) is 0.732. The molecule has 0 radical (unpaired) electrons. The molecule has 0 saturated heterocycles. The fourth-order valence-corrected chi connectivity index (χ4v) is 2.05. The van der Waals surface area contributed by atoms with E-state index in [0.29, 0.717) is 12.1 Å². The molecule has 1 nitrogen and oxygen atoms in total. The van der Waals surface area contributed by atoms with Gasteiger partial charge in [0.1, 0.15) is 0 Å².